The first-order valence-electron chi connectivity index (χ1n) is 10.5. The van der Waals surface area contributed by atoms with E-state index >= 15 is 0 Å². The van der Waals surface area contributed by atoms with Crippen molar-refractivity contribution in [2.45, 2.75) is 19.8 Å². The molecule has 32 heavy (non-hydrogen) atoms. The predicted octanol–water partition coefficient (Wildman–Crippen LogP) is 3.60. The number of nitrogens with one attached hydrogen (secondary N) is 1. The van der Waals surface area contributed by atoms with Gasteiger partial charge < -0.3 is 15.7 Å². The fourth-order valence-electron chi connectivity index (χ4n) is 3.76. The van der Waals surface area contributed by atoms with Crippen LogP contribution in [0.2, 0.25) is 0 Å². The van der Waals surface area contributed by atoms with Crippen molar-refractivity contribution < 1.29 is 9.18 Å². The summed E-state index contributed by atoms with van der Waals surface area (Å²) in [5.74, 6) is 5.75. The zero-order valence-corrected chi connectivity index (χ0v) is 17.7. The van der Waals surface area contributed by atoms with Crippen molar-refractivity contribution in [1.82, 2.24) is 9.88 Å². The lowest BCUT2D eigenvalue weighted by Gasteiger charge is -2.30. The standard InChI is InChI=1S/C24H24FN5O2/c1-15-8-10-30(11-9-15)24(32)16-2-5-19(6-3-16)27-14-22(29-26)20-13-17-12-18(25)4-7-21(17)28-23(20)31/h2-7,12-15H,8-11,26H2,1H3,(H,28,31). The SMILES string of the molecule is CC1CCN(C(=O)c2ccc(N=CC(=NN)c3cc4cc(F)ccc4[nH]c3=O)cc2)CC1. The molecule has 0 spiro atoms. The van der Waals surface area contributed by atoms with E-state index in [9.17, 15) is 14.0 Å². The van der Waals surface area contributed by atoms with E-state index in [1.54, 1.807) is 24.3 Å². The molecule has 1 aromatic heterocycles. The monoisotopic (exact) mass is 433 g/mol. The number of halogens is 1. The number of nitrogens with zero attached hydrogens (tertiary/aromatic N) is 3. The number of H-pyrrole nitrogens is 1. The second kappa shape index (κ2) is 9.13. The number of hydrogen-bond acceptors (Lipinski definition) is 5. The Morgan fingerprint density at radius 2 is 1.88 bits per heavy atom. The van der Waals surface area contributed by atoms with E-state index < -0.39 is 11.4 Å². The molecule has 3 N–H and O–H groups in total. The van der Waals surface area contributed by atoms with Gasteiger partial charge in [-0.05, 0) is 67.3 Å². The van der Waals surface area contributed by atoms with Gasteiger partial charge in [0.05, 0.1) is 17.5 Å². The molecule has 0 aliphatic carbocycles. The zero-order valence-electron chi connectivity index (χ0n) is 17.7. The molecule has 1 fully saturated rings. The third-order valence-corrected chi connectivity index (χ3v) is 5.74. The van der Waals surface area contributed by atoms with Gasteiger partial charge in [-0.3, -0.25) is 14.6 Å². The molecule has 0 atom stereocenters. The molecule has 0 unspecified atom stereocenters. The van der Waals surface area contributed by atoms with Gasteiger partial charge in [-0.15, -0.1) is 0 Å². The number of piperidine rings is 1. The van der Waals surface area contributed by atoms with E-state index in [0.29, 0.717) is 28.1 Å². The molecule has 1 amide bonds. The third-order valence-electron chi connectivity index (χ3n) is 5.74. The molecular weight excluding hydrogens is 409 g/mol. The number of aromatic amines is 1. The lowest BCUT2D eigenvalue weighted by molar-refractivity contribution is 0.0697. The number of aromatic nitrogens is 1. The van der Waals surface area contributed by atoms with Crippen molar-refractivity contribution in [3.05, 3.63) is 75.8 Å². The third kappa shape index (κ3) is 4.59. The highest BCUT2D eigenvalue weighted by molar-refractivity contribution is 6.38. The van der Waals surface area contributed by atoms with E-state index in [0.717, 1.165) is 25.9 Å². The maximum atomic E-state index is 13.5. The Balaban J connectivity index is 1.52. The average molecular weight is 433 g/mol. The van der Waals surface area contributed by atoms with Crippen LogP contribution in [-0.2, 0) is 0 Å². The first-order chi connectivity index (χ1) is 15.4. The van der Waals surface area contributed by atoms with Crippen LogP contribution in [0.25, 0.3) is 10.9 Å². The Bertz CT molecular complexity index is 1260. The summed E-state index contributed by atoms with van der Waals surface area (Å²) < 4.78 is 13.5. The number of nitrogens with two attached hydrogens (primary N) is 1. The number of hydrazone groups is 1. The Morgan fingerprint density at radius 1 is 1.16 bits per heavy atom. The summed E-state index contributed by atoms with van der Waals surface area (Å²) in [4.78, 5) is 34.0. The van der Waals surface area contributed by atoms with E-state index in [1.165, 1.54) is 30.5 Å². The summed E-state index contributed by atoms with van der Waals surface area (Å²) in [5, 5.41) is 4.19. The Hall–Kier alpha value is -3.81. The molecule has 3 aromatic rings. The van der Waals surface area contributed by atoms with Crippen LogP contribution in [0, 0.1) is 11.7 Å². The summed E-state index contributed by atoms with van der Waals surface area (Å²) in [6.07, 6.45) is 3.42. The van der Waals surface area contributed by atoms with Crippen molar-refractivity contribution in [3.63, 3.8) is 0 Å². The van der Waals surface area contributed by atoms with Crippen molar-refractivity contribution in [1.29, 1.82) is 0 Å². The predicted molar refractivity (Wildman–Crippen MR) is 124 cm³/mol. The number of rotatable bonds is 4. The number of fused-ring (bicyclic) bond motifs is 1. The minimum Gasteiger partial charge on any atom is -0.339 e. The summed E-state index contributed by atoms with van der Waals surface area (Å²) in [5.41, 5.74) is 1.63. The second-order valence-corrected chi connectivity index (χ2v) is 8.04. The number of benzene rings is 2. The first kappa shape index (κ1) is 21.4. The molecule has 4 rings (SSSR count). The van der Waals surface area contributed by atoms with Crippen molar-refractivity contribution in [2.75, 3.05) is 13.1 Å². The molecule has 2 aromatic carbocycles. The first-order valence-corrected chi connectivity index (χ1v) is 10.5. The highest BCUT2D eigenvalue weighted by Crippen LogP contribution is 2.20. The fraction of sp³-hybridized carbons (Fsp3) is 0.250. The van der Waals surface area contributed by atoms with Crippen LogP contribution >= 0.6 is 0 Å². The van der Waals surface area contributed by atoms with Crippen LogP contribution in [0.5, 0.6) is 0 Å². The summed E-state index contributed by atoms with van der Waals surface area (Å²) in [6.45, 7) is 3.76. The number of carbonyl (C=O) groups excluding carboxylic acids is 1. The fourth-order valence-corrected chi connectivity index (χ4v) is 3.76. The number of hydrogen-bond donors (Lipinski definition) is 2. The van der Waals surface area contributed by atoms with Crippen LogP contribution in [0.1, 0.15) is 35.7 Å². The number of amides is 1. The van der Waals surface area contributed by atoms with Gasteiger partial charge in [0.2, 0.25) is 0 Å². The molecule has 1 aliphatic heterocycles. The van der Waals surface area contributed by atoms with Crippen LogP contribution in [0.4, 0.5) is 10.1 Å². The maximum Gasteiger partial charge on any atom is 0.258 e. The molecule has 0 radical (unpaired) electrons. The van der Waals surface area contributed by atoms with Gasteiger partial charge in [0.1, 0.15) is 11.5 Å². The van der Waals surface area contributed by atoms with Crippen LogP contribution in [-0.4, -0.2) is 40.8 Å². The van der Waals surface area contributed by atoms with Gasteiger partial charge in [0.15, 0.2) is 0 Å². The molecule has 1 saturated heterocycles. The molecule has 1 aliphatic rings. The molecule has 0 saturated carbocycles. The van der Waals surface area contributed by atoms with Crippen LogP contribution < -0.4 is 11.4 Å². The smallest absolute Gasteiger partial charge is 0.258 e. The molecule has 164 valence electrons. The highest BCUT2D eigenvalue weighted by atomic mass is 19.1. The highest BCUT2D eigenvalue weighted by Gasteiger charge is 2.21. The number of aliphatic imine (C=N–C) groups is 1. The molecule has 2 heterocycles. The number of pyridine rings is 1. The van der Waals surface area contributed by atoms with Gasteiger partial charge >= 0.3 is 0 Å². The summed E-state index contributed by atoms with van der Waals surface area (Å²) in [7, 11) is 0. The van der Waals surface area contributed by atoms with Gasteiger partial charge in [0, 0.05) is 29.6 Å². The van der Waals surface area contributed by atoms with E-state index in [4.69, 9.17) is 5.84 Å². The van der Waals surface area contributed by atoms with E-state index in [1.807, 2.05) is 4.90 Å². The molecular formula is C24H24FN5O2. The van der Waals surface area contributed by atoms with Gasteiger partial charge in [-0.25, -0.2) is 4.39 Å². The zero-order chi connectivity index (χ0) is 22.7. The second-order valence-electron chi connectivity index (χ2n) is 8.04. The van der Waals surface area contributed by atoms with Crippen molar-refractivity contribution >= 4 is 34.4 Å². The summed E-state index contributed by atoms with van der Waals surface area (Å²) >= 11 is 0. The van der Waals surface area contributed by atoms with Crippen LogP contribution in [0.15, 0.2) is 63.4 Å². The number of carbonyl (C=O) groups is 1. The minimum atomic E-state index is -0.413. The lowest BCUT2D eigenvalue weighted by Crippen LogP contribution is -2.37. The van der Waals surface area contributed by atoms with E-state index in [2.05, 4.69) is 22.0 Å². The Labute approximate surface area is 184 Å². The van der Waals surface area contributed by atoms with Crippen molar-refractivity contribution in [3.8, 4) is 0 Å². The van der Waals surface area contributed by atoms with Gasteiger partial charge in [-0.1, -0.05) is 6.92 Å². The molecule has 0 bridgehead atoms. The van der Waals surface area contributed by atoms with Gasteiger partial charge in [0.25, 0.3) is 11.5 Å². The van der Waals surface area contributed by atoms with Crippen molar-refractivity contribution in [2.24, 2.45) is 21.9 Å². The molecule has 7 nitrogen and oxygen atoms in total. The normalized spacial score (nSPS) is 15.6. The Kier molecular flexibility index (Phi) is 6.11. The van der Waals surface area contributed by atoms with Crippen LogP contribution in [0.3, 0.4) is 0 Å². The quantitative estimate of drug-likeness (QED) is 0.373. The molecule has 8 heteroatoms. The van der Waals surface area contributed by atoms with E-state index in [-0.39, 0.29) is 17.2 Å². The number of likely N-dealkylation sites (tertiary alicyclic amines) is 1. The topological polar surface area (TPSA) is 104 Å². The van der Waals surface area contributed by atoms with Gasteiger partial charge in [-0.2, -0.15) is 5.10 Å². The lowest BCUT2D eigenvalue weighted by atomic mass is 9.98. The average Bonchev–Trinajstić information content (AvgIpc) is 2.80. The minimum absolute atomic E-state index is 0.0200. The maximum absolute atomic E-state index is 13.5. The summed E-state index contributed by atoms with van der Waals surface area (Å²) in [6, 6.07) is 12.5. The Morgan fingerprint density at radius 3 is 2.56 bits per heavy atom. The largest absolute Gasteiger partial charge is 0.339 e.